The number of alkyl halides is 4. The number of aryl methyl sites for hydroxylation is 1. The van der Waals surface area contributed by atoms with E-state index in [0.717, 1.165) is 41.6 Å². The van der Waals surface area contributed by atoms with Gasteiger partial charge in [0.15, 0.2) is 11.6 Å². The molecular weight excluding hydrogens is 1250 g/mol. The zero-order chi connectivity index (χ0) is 66.5. The van der Waals surface area contributed by atoms with Crippen LogP contribution in [-0.2, 0) is 71.5 Å². The number of amides is 5. The third kappa shape index (κ3) is 19.9. The Labute approximate surface area is 532 Å². The molecule has 2 aromatic rings. The van der Waals surface area contributed by atoms with Gasteiger partial charge in [-0.2, -0.15) is 13.2 Å². The number of hydrogen-bond acceptors (Lipinski definition) is 14. The molecular formula is C65H86BrClF3N5O14. The molecule has 10 atom stereocenters. The Morgan fingerprint density at radius 3 is 2.33 bits per heavy atom. The van der Waals surface area contributed by atoms with Gasteiger partial charge in [-0.05, 0) is 106 Å². The van der Waals surface area contributed by atoms with Crippen molar-refractivity contribution in [1.29, 1.82) is 0 Å². The van der Waals surface area contributed by atoms with E-state index in [0.29, 0.717) is 60.3 Å². The summed E-state index contributed by atoms with van der Waals surface area (Å²) in [6.45, 7) is 15.4. The second-order valence-electron chi connectivity index (χ2n) is 24.4. The summed E-state index contributed by atoms with van der Waals surface area (Å²) in [6, 6.07) is 2.58. The number of urea groups is 1. The van der Waals surface area contributed by atoms with Crippen LogP contribution >= 0.6 is 27.5 Å². The SMILES string of the molecule is C=C(CBr)C(=O)CCCCCCC(=O)C[C@H](C(=O)N[C@@H](CCCNC(N)=O)C(=O)Cc1ccc(C(=O)N(C)[C@@H](C)C(=O)O[C@H]2CC(=O)N(C)c3cc(cc(C)c3Cl)C/C(C)=C/C=C/[C@@H](OC)[C@]3(O)CC(=O)O[C@@H](C3)[C@@H](C)[C@@H]3O[C@@]23C)c(C(F)(F)F)c1)C(C)C. The Hall–Kier alpha value is -6.27. The third-order valence-corrected chi connectivity index (χ3v) is 18.3. The topological polar surface area (TPSA) is 271 Å². The zero-order valence-corrected chi connectivity index (χ0v) is 54.8. The van der Waals surface area contributed by atoms with Gasteiger partial charge in [0, 0.05) is 77.0 Å². The minimum Gasteiger partial charge on any atom is -0.462 e. The van der Waals surface area contributed by atoms with Crippen molar-refractivity contribution in [3.05, 3.63) is 99.1 Å². The first-order valence-electron chi connectivity index (χ1n) is 30.0. The first kappa shape index (κ1) is 73.5. The van der Waals surface area contributed by atoms with Gasteiger partial charge in [-0.15, -0.1) is 0 Å². The number of unbranched alkanes of at least 4 members (excludes halogenated alkanes) is 3. The summed E-state index contributed by atoms with van der Waals surface area (Å²) in [5.41, 5.74) is 2.76. The monoisotopic (exact) mass is 1330 g/mol. The molecule has 3 aliphatic rings. The zero-order valence-electron chi connectivity index (χ0n) is 52.5. The largest absolute Gasteiger partial charge is 0.462 e. The number of ether oxygens (including phenoxy) is 4. The van der Waals surface area contributed by atoms with E-state index in [4.69, 9.17) is 36.3 Å². The molecule has 89 heavy (non-hydrogen) atoms. The predicted molar refractivity (Wildman–Crippen MR) is 332 cm³/mol. The molecule has 4 bridgehead atoms. The van der Waals surface area contributed by atoms with E-state index in [1.165, 1.54) is 26.0 Å². The highest BCUT2D eigenvalue weighted by molar-refractivity contribution is 9.09. The summed E-state index contributed by atoms with van der Waals surface area (Å²) in [5.74, 6) is -7.12. The van der Waals surface area contributed by atoms with Gasteiger partial charge < -0.3 is 50.2 Å². The molecule has 19 nitrogen and oxygen atoms in total. The lowest BCUT2D eigenvalue weighted by atomic mass is 9.78. The van der Waals surface area contributed by atoms with Crippen molar-refractivity contribution < 1.29 is 80.4 Å². The van der Waals surface area contributed by atoms with E-state index in [1.54, 1.807) is 52.8 Å². The van der Waals surface area contributed by atoms with E-state index in [2.05, 4.69) is 33.1 Å². The molecule has 2 saturated heterocycles. The average molecular weight is 1330 g/mol. The third-order valence-electron chi connectivity index (χ3n) is 17.1. The molecule has 2 aromatic carbocycles. The molecule has 5 N–H and O–H groups in total. The Morgan fingerprint density at radius 1 is 1.02 bits per heavy atom. The molecule has 24 heteroatoms. The number of benzene rings is 2. The van der Waals surface area contributed by atoms with Crippen molar-refractivity contribution in [2.75, 3.05) is 38.0 Å². The number of hydrogen-bond donors (Lipinski definition) is 4. The molecule has 0 spiro atoms. The Morgan fingerprint density at radius 2 is 1.70 bits per heavy atom. The normalized spacial score (nSPS) is 24.2. The second-order valence-corrected chi connectivity index (χ2v) is 25.4. The van der Waals surface area contributed by atoms with Crippen LogP contribution in [0.4, 0.5) is 23.7 Å². The number of epoxide rings is 1. The van der Waals surface area contributed by atoms with Crippen LogP contribution in [0.5, 0.6) is 0 Å². The number of halogens is 5. The minimum atomic E-state index is -5.18. The number of nitrogens with two attached hydrogens (primary N) is 1. The van der Waals surface area contributed by atoms with Gasteiger partial charge in [-0.1, -0.05) is 104 Å². The maximum Gasteiger partial charge on any atom is 0.417 e. The van der Waals surface area contributed by atoms with Crippen LogP contribution in [0.2, 0.25) is 5.02 Å². The number of likely N-dealkylation sites (N-methyl/N-ethyl adjacent to an activating group) is 1. The Balaban J connectivity index is 1.37. The van der Waals surface area contributed by atoms with Gasteiger partial charge in [0.25, 0.3) is 5.91 Å². The lowest BCUT2D eigenvalue weighted by Crippen LogP contribution is -2.53. The summed E-state index contributed by atoms with van der Waals surface area (Å²) in [6.07, 6.45) is -2.32. The number of methoxy groups -OCH3 is 1. The highest BCUT2D eigenvalue weighted by atomic mass is 79.9. The summed E-state index contributed by atoms with van der Waals surface area (Å²) >= 11 is 10.1. The van der Waals surface area contributed by atoms with Crippen LogP contribution in [0, 0.1) is 24.7 Å². The molecule has 0 saturated carbocycles. The van der Waals surface area contributed by atoms with E-state index < -0.39 is 131 Å². The number of carbonyl (C=O) groups excluding carboxylic acids is 9. The van der Waals surface area contributed by atoms with Crippen LogP contribution in [-0.4, -0.2) is 144 Å². The number of nitrogens with one attached hydrogen (secondary N) is 2. The number of primary amides is 1. The van der Waals surface area contributed by atoms with Gasteiger partial charge in [0.1, 0.15) is 41.3 Å². The number of esters is 2. The number of rotatable bonds is 26. The minimum absolute atomic E-state index is 0.000627. The summed E-state index contributed by atoms with van der Waals surface area (Å²) < 4.78 is 69.3. The highest BCUT2D eigenvalue weighted by Gasteiger charge is 2.64. The van der Waals surface area contributed by atoms with Crippen LogP contribution in [0.3, 0.4) is 0 Å². The molecule has 5 rings (SSSR count). The van der Waals surface area contributed by atoms with Crippen molar-refractivity contribution in [2.24, 2.45) is 23.5 Å². The van der Waals surface area contributed by atoms with Crippen LogP contribution < -0.4 is 21.3 Å². The molecule has 0 aliphatic carbocycles. The van der Waals surface area contributed by atoms with Crippen LogP contribution in [0.15, 0.2) is 66.3 Å². The first-order chi connectivity index (χ1) is 41.6. The Kier molecular flexibility index (Phi) is 26.5. The highest BCUT2D eigenvalue weighted by Crippen LogP contribution is 2.50. The molecule has 2 fully saturated rings. The van der Waals surface area contributed by atoms with Crippen molar-refractivity contribution in [2.45, 2.75) is 192 Å². The molecule has 490 valence electrons. The predicted octanol–water partition coefficient (Wildman–Crippen LogP) is 9.53. The van der Waals surface area contributed by atoms with Crippen molar-refractivity contribution in [1.82, 2.24) is 15.5 Å². The van der Waals surface area contributed by atoms with Crippen molar-refractivity contribution in [3.63, 3.8) is 0 Å². The number of allylic oxidation sites excluding steroid dienone is 4. The average Bonchev–Trinajstić information content (AvgIpc) is 1.63. The summed E-state index contributed by atoms with van der Waals surface area (Å²) in [5, 5.41) is 17.8. The molecule has 5 amide bonds. The van der Waals surface area contributed by atoms with Gasteiger partial charge in [0.05, 0.1) is 46.8 Å². The van der Waals surface area contributed by atoms with E-state index in [9.17, 15) is 48.3 Å². The number of nitrogens with zero attached hydrogens (tertiary/aromatic N) is 2. The number of anilines is 1. The van der Waals surface area contributed by atoms with Crippen LogP contribution in [0.1, 0.15) is 151 Å². The number of carbonyl (C=O) groups is 9. The van der Waals surface area contributed by atoms with Gasteiger partial charge >= 0.3 is 24.1 Å². The second kappa shape index (κ2) is 32.1. The number of fused-ring (bicyclic) bond motifs is 5. The fourth-order valence-electron chi connectivity index (χ4n) is 11.4. The molecule has 0 radical (unpaired) electrons. The van der Waals surface area contributed by atoms with E-state index in [-0.39, 0.29) is 73.1 Å². The maximum atomic E-state index is 15.1. The van der Waals surface area contributed by atoms with Crippen molar-refractivity contribution >= 4 is 86.3 Å². The van der Waals surface area contributed by atoms with Crippen LogP contribution in [0.25, 0.3) is 0 Å². The Bertz CT molecular complexity index is 3050. The lowest BCUT2D eigenvalue weighted by Gasteiger charge is -2.41. The molecule has 0 aromatic heterocycles. The fraction of sp³-hybridized carbons (Fsp3) is 0.585. The fourth-order valence-corrected chi connectivity index (χ4v) is 12.0. The number of Topliss-reactive ketones (excluding diaryl/α,β-unsaturated/α-hetero) is 3. The smallest absolute Gasteiger partial charge is 0.417 e. The van der Waals surface area contributed by atoms with Gasteiger partial charge in [0.2, 0.25) is 11.8 Å². The number of aliphatic hydroxyl groups is 1. The summed E-state index contributed by atoms with van der Waals surface area (Å²) in [7, 11) is 4.01. The molecule has 0 unspecified atom stereocenters. The molecule has 3 heterocycles. The number of ketones is 3. The van der Waals surface area contributed by atoms with Gasteiger partial charge in [-0.25, -0.2) is 9.59 Å². The van der Waals surface area contributed by atoms with E-state index >= 15 is 13.2 Å². The summed E-state index contributed by atoms with van der Waals surface area (Å²) in [4.78, 5) is 123. The lowest BCUT2D eigenvalue weighted by molar-refractivity contribution is -0.187. The van der Waals surface area contributed by atoms with Gasteiger partial charge in [-0.3, -0.25) is 33.6 Å². The first-order valence-corrected chi connectivity index (χ1v) is 31.5. The quantitative estimate of drug-likeness (QED) is 0.0225. The molecule has 3 aliphatic heterocycles. The standard InChI is InChI=1S/C65H86BrClF3N5O14/c1-36(2)46(31-44(76)19-14-12-13-15-21-50(77)39(5)35-66)59(81)73-48(20-17-25-72-62(71)84)51(78)30-42-23-24-45(47(28-42)65(68,69)70)60(82)74(9)41(7)61(83)88-54-32-55(79)75(10)49-29-43(27-38(4)57(49)67)26-37(3)18-16-22-53(86-11)64(85)33-52(87-56(80)34-64)40(6)58-63(54,8)89-58/h16,18,22-24,27-29,36,40-41,46,48,52-54,58,85H,5,12-15,17,19-21,25-26,30-35H2,1-4,6-11H3,(H,73,81)(H3,71,72,84)/b22-16+,37-18+/t40-,41+,46+,48+,52+,53-,54+,58+,63+,64-/m1/s1. The maximum absolute atomic E-state index is 15.1. The van der Waals surface area contributed by atoms with E-state index in [1.807, 2.05) is 19.1 Å². The van der Waals surface area contributed by atoms with Crippen molar-refractivity contribution in [3.8, 4) is 0 Å².